The van der Waals surface area contributed by atoms with Crippen LogP contribution < -0.4 is 10.6 Å². The summed E-state index contributed by atoms with van der Waals surface area (Å²) < 4.78 is 0. The van der Waals surface area contributed by atoms with Crippen molar-refractivity contribution in [2.24, 2.45) is 34.5 Å². The van der Waals surface area contributed by atoms with E-state index in [4.69, 9.17) is 0 Å². The summed E-state index contributed by atoms with van der Waals surface area (Å²) in [6.45, 7) is 5.52. The van der Waals surface area contributed by atoms with Gasteiger partial charge in [-0.15, -0.1) is 11.3 Å². The Morgan fingerprint density at radius 3 is 2.90 bits per heavy atom. The smallest absolute Gasteiger partial charge is 0.243 e. The molecule has 0 saturated heterocycles. The van der Waals surface area contributed by atoms with E-state index in [2.05, 4.69) is 40.9 Å². The largest absolute Gasteiger partial charge is 0.356 e. The van der Waals surface area contributed by atoms with Gasteiger partial charge in [-0.05, 0) is 73.7 Å². The first-order valence-electron chi connectivity index (χ1n) is 12.0. The molecule has 3 aliphatic carbocycles. The number of hydrogen-bond acceptors (Lipinski definition) is 4. The normalized spacial score (nSPS) is 41.1. The molecule has 5 nitrogen and oxygen atoms in total. The van der Waals surface area contributed by atoms with Gasteiger partial charge in [-0.2, -0.15) is 0 Å². The number of nitrogens with one attached hydrogen (secondary N) is 2. The van der Waals surface area contributed by atoms with Crippen molar-refractivity contribution in [1.82, 2.24) is 15.6 Å². The summed E-state index contributed by atoms with van der Waals surface area (Å²) in [5, 5.41) is 8.43. The molecule has 1 aliphatic heterocycles. The van der Waals surface area contributed by atoms with Gasteiger partial charge < -0.3 is 10.6 Å². The molecule has 2 amide bonds. The minimum Gasteiger partial charge on any atom is -0.356 e. The predicted octanol–water partition coefficient (Wildman–Crippen LogP) is 4.11. The molecule has 0 aromatic carbocycles. The van der Waals surface area contributed by atoms with Gasteiger partial charge in [0.1, 0.15) is 0 Å². The van der Waals surface area contributed by atoms with Crippen LogP contribution in [0, 0.1) is 34.5 Å². The van der Waals surface area contributed by atoms with Gasteiger partial charge in [0.2, 0.25) is 11.8 Å². The molecular weight excluding hydrogens is 406 g/mol. The van der Waals surface area contributed by atoms with Crippen molar-refractivity contribution in [2.45, 2.75) is 71.3 Å². The molecule has 0 unspecified atom stereocenters. The average Bonchev–Trinajstić information content (AvgIpc) is 3.37. The van der Waals surface area contributed by atoms with E-state index in [-0.39, 0.29) is 28.7 Å². The lowest BCUT2D eigenvalue weighted by Crippen LogP contribution is -2.59. The Labute approximate surface area is 189 Å². The van der Waals surface area contributed by atoms with Crippen molar-refractivity contribution in [3.05, 3.63) is 28.7 Å². The Morgan fingerprint density at radius 1 is 1.23 bits per heavy atom. The number of carbonyl (C=O) groups is 2. The van der Waals surface area contributed by atoms with Crippen LogP contribution in [0.2, 0.25) is 0 Å². The molecule has 4 aliphatic rings. The molecule has 6 heteroatoms. The third-order valence-corrected chi connectivity index (χ3v) is 10.1. The topological polar surface area (TPSA) is 71.1 Å². The Kier molecular flexibility index (Phi) is 5.48. The van der Waals surface area contributed by atoms with Gasteiger partial charge >= 0.3 is 0 Å². The van der Waals surface area contributed by atoms with Crippen molar-refractivity contribution < 1.29 is 9.59 Å². The van der Waals surface area contributed by atoms with E-state index in [1.54, 1.807) is 17.4 Å². The van der Waals surface area contributed by atoms with Gasteiger partial charge in [-0.3, -0.25) is 9.59 Å². The maximum absolute atomic E-state index is 12.7. The molecule has 1 aromatic heterocycles. The van der Waals surface area contributed by atoms with E-state index in [1.165, 1.54) is 32.1 Å². The lowest BCUT2D eigenvalue weighted by Gasteiger charge is -2.59. The van der Waals surface area contributed by atoms with Crippen molar-refractivity contribution in [1.29, 1.82) is 0 Å². The molecule has 3 fully saturated rings. The maximum atomic E-state index is 12.7. The van der Waals surface area contributed by atoms with E-state index >= 15 is 0 Å². The molecule has 3 saturated carbocycles. The molecule has 0 radical (unpaired) electrons. The lowest BCUT2D eigenvalue weighted by atomic mass is 9.48. The second-order valence-electron chi connectivity index (χ2n) is 10.8. The quantitative estimate of drug-likeness (QED) is 0.722. The van der Waals surface area contributed by atoms with Crippen LogP contribution in [0.15, 0.2) is 23.0 Å². The number of aromatic nitrogens is 1. The summed E-state index contributed by atoms with van der Waals surface area (Å²) >= 11 is 1.60. The Balaban J connectivity index is 1.23. The summed E-state index contributed by atoms with van der Waals surface area (Å²) in [6.07, 6.45) is 12.6. The Bertz CT molecular complexity index is 868. The predicted molar refractivity (Wildman–Crippen MR) is 122 cm³/mol. The number of rotatable bonds is 5. The van der Waals surface area contributed by atoms with Crippen LogP contribution in [0.1, 0.15) is 64.5 Å². The molecule has 2 N–H and O–H groups in total. The Hall–Kier alpha value is -1.69. The van der Waals surface area contributed by atoms with Crippen molar-refractivity contribution in [3.63, 3.8) is 0 Å². The fourth-order valence-corrected chi connectivity index (χ4v) is 8.36. The summed E-state index contributed by atoms with van der Waals surface area (Å²) in [6, 6.07) is 0.288. The summed E-state index contributed by atoms with van der Waals surface area (Å²) in [7, 11) is 0. The molecule has 5 rings (SSSR count). The second-order valence-corrected chi connectivity index (χ2v) is 11.5. The zero-order valence-corrected chi connectivity index (χ0v) is 19.5. The first-order valence-corrected chi connectivity index (χ1v) is 13.0. The van der Waals surface area contributed by atoms with Crippen molar-refractivity contribution in [2.75, 3.05) is 6.54 Å². The average molecular weight is 442 g/mol. The minimum atomic E-state index is 0.0725. The molecule has 168 valence electrons. The van der Waals surface area contributed by atoms with Gasteiger partial charge in [0.25, 0.3) is 0 Å². The Morgan fingerprint density at radius 2 is 2.10 bits per heavy atom. The zero-order valence-electron chi connectivity index (χ0n) is 18.7. The fourth-order valence-electron chi connectivity index (χ4n) is 7.76. The first kappa shape index (κ1) is 21.2. The minimum absolute atomic E-state index is 0.0725. The van der Waals surface area contributed by atoms with Crippen LogP contribution in [0.4, 0.5) is 0 Å². The van der Waals surface area contributed by atoms with Gasteiger partial charge in [0.15, 0.2) is 0 Å². The standard InChI is InChI=1S/C25H35N3O2S/c1-24-10-7-20-18(4-6-21-25(20,2)11-8-22(29)28-21)19(24)5-3-16(24)13-23(30)26-12-9-17-14-31-15-27-17/h8,11,14-16,18-21H,3-7,9-10,12-13H2,1-2H3,(H,26,30)(H,28,29)/t16-,18+,19+,20+,21-,24-,25-/m1/s1. The zero-order chi connectivity index (χ0) is 21.6. The number of nitrogens with zero attached hydrogens (tertiary/aromatic N) is 1. The number of fused-ring (bicyclic) bond motifs is 5. The second kappa shape index (κ2) is 8.02. The molecule has 1 aromatic rings. The number of hydrogen-bond donors (Lipinski definition) is 2. The van der Waals surface area contributed by atoms with Gasteiger partial charge in [-0.1, -0.05) is 19.9 Å². The van der Waals surface area contributed by atoms with Crippen molar-refractivity contribution in [3.8, 4) is 0 Å². The summed E-state index contributed by atoms with van der Waals surface area (Å²) in [4.78, 5) is 28.9. The molecule has 2 heterocycles. The lowest BCUT2D eigenvalue weighted by molar-refractivity contribution is -0.125. The highest BCUT2D eigenvalue weighted by atomic mass is 32.1. The van der Waals surface area contributed by atoms with Crippen LogP contribution in [0.5, 0.6) is 0 Å². The van der Waals surface area contributed by atoms with Crippen LogP contribution in [-0.2, 0) is 16.0 Å². The van der Waals surface area contributed by atoms with Crippen LogP contribution in [0.25, 0.3) is 0 Å². The van der Waals surface area contributed by atoms with Gasteiger partial charge in [-0.25, -0.2) is 4.98 Å². The van der Waals surface area contributed by atoms with E-state index in [9.17, 15) is 9.59 Å². The van der Waals surface area contributed by atoms with E-state index in [0.29, 0.717) is 30.7 Å². The summed E-state index contributed by atoms with van der Waals surface area (Å²) in [5.41, 5.74) is 3.27. The number of thiazole rings is 1. The highest BCUT2D eigenvalue weighted by Gasteiger charge is 2.59. The van der Waals surface area contributed by atoms with E-state index in [0.717, 1.165) is 24.5 Å². The van der Waals surface area contributed by atoms with Crippen LogP contribution in [0.3, 0.4) is 0 Å². The molecule has 0 bridgehead atoms. The van der Waals surface area contributed by atoms with E-state index < -0.39 is 0 Å². The monoisotopic (exact) mass is 441 g/mol. The molecule has 31 heavy (non-hydrogen) atoms. The third kappa shape index (κ3) is 3.65. The first-order chi connectivity index (χ1) is 14.9. The van der Waals surface area contributed by atoms with Crippen LogP contribution >= 0.6 is 11.3 Å². The highest BCUT2D eigenvalue weighted by Crippen LogP contribution is 2.65. The third-order valence-electron chi connectivity index (χ3n) is 9.50. The summed E-state index contributed by atoms with van der Waals surface area (Å²) in [5.74, 6) is 2.85. The van der Waals surface area contributed by atoms with E-state index in [1.807, 2.05) is 5.51 Å². The fraction of sp³-hybridized carbons (Fsp3) is 0.720. The van der Waals surface area contributed by atoms with Crippen LogP contribution in [-0.4, -0.2) is 29.4 Å². The SMILES string of the molecule is C[C@]12C=CC(=O)N[C@@H]1CC[C@@H]1[C@@H]2CC[C@]2(C)[C@@H](CC(=O)NCCc3cscn3)CC[C@@H]12. The van der Waals surface area contributed by atoms with Gasteiger partial charge in [0, 0.05) is 36.2 Å². The molecular formula is C25H35N3O2S. The maximum Gasteiger partial charge on any atom is 0.243 e. The molecule has 7 atom stereocenters. The van der Waals surface area contributed by atoms with Crippen molar-refractivity contribution >= 4 is 23.2 Å². The highest BCUT2D eigenvalue weighted by molar-refractivity contribution is 7.07. The number of amides is 2. The molecule has 0 spiro atoms. The number of carbonyl (C=O) groups excluding carboxylic acids is 2. The van der Waals surface area contributed by atoms with Gasteiger partial charge in [0.05, 0.1) is 11.2 Å².